The lowest BCUT2D eigenvalue weighted by Gasteiger charge is -2.36. The van der Waals surface area contributed by atoms with Crippen molar-refractivity contribution in [2.45, 2.75) is 25.9 Å². The van der Waals surface area contributed by atoms with E-state index in [1.807, 2.05) is 72.7 Å². The third-order valence-corrected chi connectivity index (χ3v) is 9.54. The van der Waals surface area contributed by atoms with Crippen molar-refractivity contribution in [2.75, 3.05) is 11.6 Å². The van der Waals surface area contributed by atoms with Crippen LogP contribution in [0.3, 0.4) is 0 Å². The van der Waals surface area contributed by atoms with E-state index in [-0.39, 0.29) is 17.6 Å². The number of anilines is 2. The van der Waals surface area contributed by atoms with Crippen LogP contribution >= 0.6 is 11.6 Å². The van der Waals surface area contributed by atoms with Gasteiger partial charge in [0.2, 0.25) is 0 Å². The quantitative estimate of drug-likeness (QED) is 0.198. The zero-order valence-corrected chi connectivity index (χ0v) is 27.4. The molecule has 48 heavy (non-hydrogen) atoms. The van der Waals surface area contributed by atoms with E-state index in [0.717, 1.165) is 22.2 Å². The summed E-state index contributed by atoms with van der Waals surface area (Å²) in [5.74, 6) is -0.554. The molecule has 3 aromatic heterocycles. The van der Waals surface area contributed by atoms with Crippen molar-refractivity contribution in [3.8, 4) is 17.0 Å². The van der Waals surface area contributed by atoms with Gasteiger partial charge in [-0.25, -0.2) is 9.37 Å². The van der Waals surface area contributed by atoms with Gasteiger partial charge in [-0.2, -0.15) is 0 Å². The summed E-state index contributed by atoms with van der Waals surface area (Å²) >= 11 is 6.52. The summed E-state index contributed by atoms with van der Waals surface area (Å²) < 4.78 is 18.1. The number of aryl methyl sites for hydroxylation is 1. The summed E-state index contributed by atoms with van der Waals surface area (Å²) in [5.41, 5.74) is 6.49. The highest BCUT2D eigenvalue weighted by Gasteiger charge is 2.33. The lowest BCUT2D eigenvalue weighted by Crippen LogP contribution is -2.45. The molecular weight excluding hydrogens is 629 g/mol. The van der Waals surface area contributed by atoms with Gasteiger partial charge in [-0.05, 0) is 85.1 Å². The molecule has 6 aromatic rings. The van der Waals surface area contributed by atoms with Crippen molar-refractivity contribution >= 4 is 45.8 Å². The van der Waals surface area contributed by atoms with Crippen molar-refractivity contribution in [1.29, 1.82) is 0 Å². The van der Waals surface area contributed by atoms with Crippen molar-refractivity contribution in [3.05, 3.63) is 130 Å². The minimum absolute atomic E-state index is 0.0753. The Balaban J connectivity index is 1.31. The van der Waals surface area contributed by atoms with Crippen LogP contribution in [0.4, 0.5) is 15.8 Å². The topological polar surface area (TPSA) is 83.6 Å². The van der Waals surface area contributed by atoms with Crippen molar-refractivity contribution < 1.29 is 19.1 Å². The molecule has 0 saturated carbocycles. The number of benzene rings is 3. The molecule has 0 spiro atoms. The van der Waals surface area contributed by atoms with Gasteiger partial charge in [0.1, 0.15) is 18.1 Å². The standard InChI is InChI=1S/C38H33ClFN5O3/c1-23-33(38(48)45(28-9-11-31(46)12-10-28)30-17-25-14-15-42(2)36(25)41-21-30)19-35(43(23)3)34-18-27(39)8-13-32(34)37(47)44-22-26-7-5-4-6-24(26)16-29(44)20-40/h4-15,17-19,21,29,46H,16,20,22H2,1-3H3/t29-/m0/s1. The normalized spacial score (nSPS) is 14.3. The molecule has 1 aliphatic rings. The molecule has 1 atom stereocenters. The van der Waals surface area contributed by atoms with Gasteiger partial charge in [-0.15, -0.1) is 0 Å². The van der Waals surface area contributed by atoms with Crippen LogP contribution in [-0.2, 0) is 27.1 Å². The van der Waals surface area contributed by atoms with Crippen molar-refractivity contribution in [3.63, 3.8) is 0 Å². The van der Waals surface area contributed by atoms with Crippen LogP contribution in [0, 0.1) is 6.92 Å². The highest BCUT2D eigenvalue weighted by atomic mass is 35.5. The van der Waals surface area contributed by atoms with Crippen LogP contribution in [-0.4, -0.2) is 48.7 Å². The number of amides is 2. The maximum absolute atomic E-state index is 14.6. The highest BCUT2D eigenvalue weighted by Crippen LogP contribution is 2.36. The fourth-order valence-electron chi connectivity index (χ4n) is 6.58. The second-order valence-corrected chi connectivity index (χ2v) is 12.6. The molecule has 1 N–H and O–H groups in total. The number of halogens is 2. The first kappa shape index (κ1) is 31.2. The number of phenolic OH excluding ortho intramolecular Hbond substituents is 1. The third kappa shape index (κ3) is 5.40. The summed E-state index contributed by atoms with van der Waals surface area (Å²) in [7, 11) is 3.74. The predicted octanol–water partition coefficient (Wildman–Crippen LogP) is 7.76. The number of alkyl halides is 1. The fourth-order valence-corrected chi connectivity index (χ4v) is 6.75. The van der Waals surface area contributed by atoms with Crippen molar-refractivity contribution in [2.24, 2.45) is 14.1 Å². The Hall–Kier alpha value is -5.41. The summed E-state index contributed by atoms with van der Waals surface area (Å²) in [4.78, 5) is 36.6. The lowest BCUT2D eigenvalue weighted by atomic mass is 9.93. The molecule has 3 aromatic carbocycles. The van der Waals surface area contributed by atoms with E-state index in [2.05, 4.69) is 4.98 Å². The van der Waals surface area contributed by atoms with E-state index >= 15 is 0 Å². The van der Waals surface area contributed by atoms with Crippen molar-refractivity contribution in [1.82, 2.24) is 19.0 Å². The van der Waals surface area contributed by atoms with E-state index in [1.165, 1.54) is 12.1 Å². The Morgan fingerprint density at radius 2 is 1.71 bits per heavy atom. The Morgan fingerprint density at radius 3 is 2.46 bits per heavy atom. The molecule has 0 fully saturated rings. The van der Waals surface area contributed by atoms with Gasteiger partial charge in [0.15, 0.2) is 0 Å². The van der Waals surface area contributed by atoms with Gasteiger partial charge >= 0.3 is 0 Å². The monoisotopic (exact) mass is 661 g/mol. The average molecular weight is 662 g/mol. The number of rotatable bonds is 6. The largest absolute Gasteiger partial charge is 0.508 e. The van der Waals surface area contributed by atoms with Gasteiger partial charge in [0.05, 0.1) is 23.5 Å². The maximum atomic E-state index is 14.6. The number of phenols is 1. The average Bonchev–Trinajstić information content (AvgIpc) is 3.62. The Bertz CT molecular complexity index is 2210. The lowest BCUT2D eigenvalue weighted by molar-refractivity contribution is 0.0607. The second-order valence-electron chi connectivity index (χ2n) is 12.2. The van der Waals surface area contributed by atoms with Gasteiger partial charge in [-0.3, -0.25) is 14.5 Å². The van der Waals surface area contributed by atoms with Crippen LogP contribution < -0.4 is 4.90 Å². The SMILES string of the molecule is Cc1c(C(=O)N(c2ccc(O)cc2)c2cnc3c(ccn3C)c2)cc(-c2cc(Cl)ccc2C(=O)N2Cc3ccccc3C[C@H]2CF)n1C. The second kappa shape index (κ2) is 12.3. The summed E-state index contributed by atoms with van der Waals surface area (Å²) in [6.45, 7) is 1.47. The molecule has 0 aliphatic carbocycles. The minimum Gasteiger partial charge on any atom is -0.508 e. The summed E-state index contributed by atoms with van der Waals surface area (Å²) in [5, 5.41) is 11.3. The molecular formula is C38H33ClFN5O3. The van der Waals surface area contributed by atoms with E-state index in [1.54, 1.807) is 52.4 Å². The number of hydrogen-bond acceptors (Lipinski definition) is 4. The van der Waals surface area contributed by atoms with E-state index in [0.29, 0.717) is 57.4 Å². The number of fused-ring (bicyclic) bond motifs is 2. The number of hydrogen-bond donors (Lipinski definition) is 1. The zero-order chi connectivity index (χ0) is 33.7. The first-order chi connectivity index (χ1) is 23.1. The van der Waals surface area contributed by atoms with Crippen LogP contribution in [0.5, 0.6) is 5.75 Å². The molecule has 2 amide bonds. The fraction of sp³-hybridized carbons (Fsp3) is 0.184. The predicted molar refractivity (Wildman–Crippen MR) is 186 cm³/mol. The number of nitrogens with zero attached hydrogens (tertiary/aromatic N) is 5. The van der Waals surface area contributed by atoms with E-state index in [9.17, 15) is 19.1 Å². The first-order valence-corrected chi connectivity index (χ1v) is 16.0. The first-order valence-electron chi connectivity index (χ1n) is 15.6. The van der Waals surface area contributed by atoms with Gasteiger partial charge in [0, 0.05) is 65.4 Å². The molecule has 10 heteroatoms. The number of pyridine rings is 1. The smallest absolute Gasteiger partial charge is 0.264 e. The Morgan fingerprint density at radius 1 is 0.958 bits per heavy atom. The molecule has 0 saturated heterocycles. The molecule has 4 heterocycles. The maximum Gasteiger partial charge on any atom is 0.264 e. The number of aromatic hydroxyl groups is 1. The van der Waals surface area contributed by atoms with Crippen LogP contribution in [0.2, 0.25) is 5.02 Å². The molecule has 0 radical (unpaired) electrons. The molecule has 8 nitrogen and oxygen atoms in total. The van der Waals surface area contributed by atoms with E-state index < -0.39 is 12.7 Å². The molecule has 0 unspecified atom stereocenters. The summed E-state index contributed by atoms with van der Waals surface area (Å²) in [6.07, 6.45) is 3.99. The molecule has 7 rings (SSSR count). The minimum atomic E-state index is -0.665. The van der Waals surface area contributed by atoms with Gasteiger partial charge in [-0.1, -0.05) is 35.9 Å². The number of aromatic nitrogens is 3. The zero-order valence-electron chi connectivity index (χ0n) is 26.7. The van der Waals surface area contributed by atoms with Crippen LogP contribution in [0.15, 0.2) is 97.3 Å². The third-order valence-electron chi connectivity index (χ3n) is 9.31. The Kier molecular flexibility index (Phi) is 8.01. The van der Waals surface area contributed by atoms with E-state index in [4.69, 9.17) is 11.6 Å². The Labute approximate surface area is 282 Å². The number of carbonyl (C=O) groups is 2. The van der Waals surface area contributed by atoms with Gasteiger partial charge in [0.25, 0.3) is 11.8 Å². The van der Waals surface area contributed by atoms with Crippen LogP contribution in [0.1, 0.15) is 37.5 Å². The highest BCUT2D eigenvalue weighted by molar-refractivity contribution is 6.31. The summed E-state index contributed by atoms with van der Waals surface area (Å²) in [6, 6.07) is 24.2. The number of carbonyl (C=O) groups excluding carboxylic acids is 2. The molecule has 0 bridgehead atoms. The van der Waals surface area contributed by atoms with Crippen LogP contribution in [0.25, 0.3) is 22.3 Å². The molecule has 242 valence electrons. The molecule has 1 aliphatic heterocycles. The van der Waals surface area contributed by atoms with Gasteiger partial charge < -0.3 is 19.1 Å².